The van der Waals surface area contributed by atoms with Crippen molar-refractivity contribution < 1.29 is 22.7 Å². The standard InChI is InChI=1S/C28H31Cl2N3O5S/c1-4-26(28(35)31-5-2)32(18-23-24(29)12-9-13-25(23)30)27(34)19-33(39(3,36)37)20-14-16-22(17-15-20)38-21-10-7-6-8-11-21/h6-17,26H,4-5,18-19H2,1-3H3,(H,31,35)/t26-/m0/s1. The van der Waals surface area contributed by atoms with Crippen LogP contribution in [-0.2, 0) is 26.2 Å². The van der Waals surface area contributed by atoms with Crippen LogP contribution in [0.25, 0.3) is 0 Å². The smallest absolute Gasteiger partial charge is 0.244 e. The molecule has 0 unspecified atom stereocenters. The van der Waals surface area contributed by atoms with Gasteiger partial charge in [-0.3, -0.25) is 13.9 Å². The third kappa shape index (κ3) is 8.11. The van der Waals surface area contributed by atoms with Crippen molar-refractivity contribution in [2.24, 2.45) is 0 Å². The number of benzene rings is 3. The van der Waals surface area contributed by atoms with Gasteiger partial charge in [0.15, 0.2) is 0 Å². The van der Waals surface area contributed by atoms with Gasteiger partial charge in [-0.15, -0.1) is 0 Å². The number of nitrogens with zero attached hydrogens (tertiary/aromatic N) is 2. The summed E-state index contributed by atoms with van der Waals surface area (Å²) in [7, 11) is -3.88. The molecule has 0 aliphatic heterocycles. The summed E-state index contributed by atoms with van der Waals surface area (Å²) in [5.41, 5.74) is 0.735. The second-order valence-electron chi connectivity index (χ2n) is 8.72. The number of rotatable bonds is 12. The van der Waals surface area contributed by atoms with E-state index in [1.807, 2.05) is 18.2 Å². The fraction of sp³-hybridized carbons (Fsp3) is 0.286. The second-order valence-corrected chi connectivity index (χ2v) is 11.4. The average molecular weight is 593 g/mol. The Kier molecular flexibility index (Phi) is 10.6. The van der Waals surface area contributed by atoms with Crippen molar-refractivity contribution in [2.45, 2.75) is 32.9 Å². The summed E-state index contributed by atoms with van der Waals surface area (Å²) >= 11 is 12.7. The summed E-state index contributed by atoms with van der Waals surface area (Å²) in [5, 5.41) is 3.41. The highest BCUT2D eigenvalue weighted by atomic mass is 35.5. The zero-order valence-electron chi connectivity index (χ0n) is 21.9. The monoisotopic (exact) mass is 591 g/mol. The predicted octanol–water partition coefficient (Wildman–Crippen LogP) is 5.50. The third-order valence-electron chi connectivity index (χ3n) is 5.91. The molecule has 1 atom stereocenters. The Morgan fingerprint density at radius 3 is 2.03 bits per heavy atom. The van der Waals surface area contributed by atoms with Gasteiger partial charge < -0.3 is 15.0 Å². The second kappa shape index (κ2) is 13.7. The van der Waals surface area contributed by atoms with Gasteiger partial charge in [-0.2, -0.15) is 0 Å². The number of hydrogen-bond acceptors (Lipinski definition) is 5. The molecule has 1 N–H and O–H groups in total. The molecule has 0 aliphatic carbocycles. The van der Waals surface area contributed by atoms with E-state index in [9.17, 15) is 18.0 Å². The van der Waals surface area contributed by atoms with Crippen LogP contribution in [0.4, 0.5) is 5.69 Å². The molecule has 8 nitrogen and oxygen atoms in total. The Morgan fingerprint density at radius 1 is 0.897 bits per heavy atom. The van der Waals surface area contributed by atoms with Gasteiger partial charge in [0.25, 0.3) is 0 Å². The summed E-state index contributed by atoms with van der Waals surface area (Å²) in [5.74, 6) is 0.191. The summed E-state index contributed by atoms with van der Waals surface area (Å²) in [4.78, 5) is 28.0. The van der Waals surface area contributed by atoms with E-state index in [-0.39, 0.29) is 18.1 Å². The number of hydrogen-bond donors (Lipinski definition) is 1. The fourth-order valence-electron chi connectivity index (χ4n) is 3.98. The first kappa shape index (κ1) is 30.3. The molecule has 3 aromatic rings. The number of anilines is 1. The van der Waals surface area contributed by atoms with E-state index in [2.05, 4.69) is 5.32 Å². The maximum atomic E-state index is 13.7. The number of ether oxygens (including phenoxy) is 1. The van der Waals surface area contributed by atoms with Crippen molar-refractivity contribution in [2.75, 3.05) is 23.7 Å². The van der Waals surface area contributed by atoms with Crippen LogP contribution >= 0.6 is 23.2 Å². The highest BCUT2D eigenvalue weighted by molar-refractivity contribution is 7.92. The maximum absolute atomic E-state index is 13.7. The van der Waals surface area contributed by atoms with Crippen molar-refractivity contribution >= 4 is 50.7 Å². The Labute approximate surface area is 239 Å². The molecule has 0 heterocycles. The first-order valence-electron chi connectivity index (χ1n) is 12.4. The molecule has 39 heavy (non-hydrogen) atoms. The molecule has 3 rings (SSSR count). The molecule has 208 valence electrons. The first-order valence-corrected chi connectivity index (χ1v) is 15.0. The zero-order valence-corrected chi connectivity index (χ0v) is 24.3. The van der Waals surface area contributed by atoms with Crippen LogP contribution < -0.4 is 14.4 Å². The van der Waals surface area contributed by atoms with Gasteiger partial charge in [0.2, 0.25) is 21.8 Å². The van der Waals surface area contributed by atoms with Gasteiger partial charge in [0.1, 0.15) is 24.1 Å². The van der Waals surface area contributed by atoms with E-state index < -0.39 is 28.5 Å². The SMILES string of the molecule is CCNC(=O)[C@H](CC)N(Cc1c(Cl)cccc1Cl)C(=O)CN(c1ccc(Oc2ccccc2)cc1)S(C)(=O)=O. The maximum Gasteiger partial charge on any atom is 0.244 e. The van der Waals surface area contributed by atoms with Gasteiger partial charge in [0.05, 0.1) is 11.9 Å². The summed E-state index contributed by atoms with van der Waals surface area (Å²) < 4.78 is 32.4. The lowest BCUT2D eigenvalue weighted by atomic mass is 10.1. The third-order valence-corrected chi connectivity index (χ3v) is 7.76. The van der Waals surface area contributed by atoms with Crippen molar-refractivity contribution in [3.8, 4) is 11.5 Å². The number of carbonyl (C=O) groups is 2. The predicted molar refractivity (Wildman–Crippen MR) is 155 cm³/mol. The lowest BCUT2D eigenvalue weighted by molar-refractivity contribution is -0.140. The molecule has 0 saturated heterocycles. The van der Waals surface area contributed by atoms with Gasteiger partial charge >= 0.3 is 0 Å². The quantitative estimate of drug-likeness (QED) is 0.300. The average Bonchev–Trinajstić information content (AvgIpc) is 2.89. The minimum Gasteiger partial charge on any atom is -0.457 e. The van der Waals surface area contributed by atoms with Crippen molar-refractivity contribution in [3.05, 3.63) is 88.4 Å². The molecule has 11 heteroatoms. The Bertz CT molecular complexity index is 1370. The molecule has 0 aromatic heterocycles. The van der Waals surface area contributed by atoms with Crippen LogP contribution in [0.2, 0.25) is 10.0 Å². The van der Waals surface area contributed by atoms with Crippen LogP contribution in [0.5, 0.6) is 11.5 Å². The largest absolute Gasteiger partial charge is 0.457 e. The molecule has 3 aromatic carbocycles. The number of likely N-dealkylation sites (N-methyl/N-ethyl adjacent to an activating group) is 1. The van der Waals surface area contributed by atoms with Crippen LogP contribution in [-0.4, -0.2) is 50.5 Å². The van der Waals surface area contributed by atoms with Crippen LogP contribution in [0.3, 0.4) is 0 Å². The lowest BCUT2D eigenvalue weighted by Gasteiger charge is -2.33. The number of sulfonamides is 1. The van der Waals surface area contributed by atoms with Gasteiger partial charge in [-0.05, 0) is 61.9 Å². The van der Waals surface area contributed by atoms with Gasteiger partial charge in [-0.25, -0.2) is 8.42 Å². The summed E-state index contributed by atoms with van der Waals surface area (Å²) in [6, 6.07) is 19.6. The molecular formula is C28H31Cl2N3O5S. The van der Waals surface area contributed by atoms with E-state index in [1.54, 1.807) is 68.4 Å². The van der Waals surface area contributed by atoms with Crippen LogP contribution in [0.1, 0.15) is 25.8 Å². The molecule has 0 radical (unpaired) electrons. The molecule has 0 bridgehead atoms. The highest BCUT2D eigenvalue weighted by Gasteiger charge is 2.32. The number of halogens is 2. The molecule has 0 saturated carbocycles. The van der Waals surface area contributed by atoms with E-state index in [0.29, 0.717) is 40.1 Å². The normalized spacial score (nSPS) is 11.9. The minimum absolute atomic E-state index is 0.0750. The topological polar surface area (TPSA) is 96.0 Å². The van der Waals surface area contributed by atoms with E-state index in [4.69, 9.17) is 27.9 Å². The summed E-state index contributed by atoms with van der Waals surface area (Å²) in [6.07, 6.45) is 1.31. The fourth-order valence-corrected chi connectivity index (χ4v) is 5.35. The van der Waals surface area contributed by atoms with E-state index in [0.717, 1.165) is 10.6 Å². The Hall–Kier alpha value is -3.27. The molecule has 0 spiro atoms. The Balaban J connectivity index is 1.92. The van der Waals surface area contributed by atoms with Gasteiger partial charge in [0, 0.05) is 28.7 Å². The van der Waals surface area contributed by atoms with Gasteiger partial charge in [-0.1, -0.05) is 54.4 Å². The first-order chi connectivity index (χ1) is 18.5. The van der Waals surface area contributed by atoms with Crippen molar-refractivity contribution in [1.29, 1.82) is 0 Å². The lowest BCUT2D eigenvalue weighted by Crippen LogP contribution is -2.52. The number of carbonyl (C=O) groups excluding carboxylic acids is 2. The van der Waals surface area contributed by atoms with E-state index in [1.165, 1.54) is 4.90 Å². The number of nitrogens with one attached hydrogen (secondary N) is 1. The number of amides is 2. The molecular weight excluding hydrogens is 561 g/mol. The van der Waals surface area contributed by atoms with Crippen molar-refractivity contribution in [1.82, 2.24) is 10.2 Å². The zero-order chi connectivity index (χ0) is 28.6. The highest BCUT2D eigenvalue weighted by Crippen LogP contribution is 2.29. The minimum atomic E-state index is -3.88. The van der Waals surface area contributed by atoms with Crippen LogP contribution in [0.15, 0.2) is 72.8 Å². The molecule has 2 amide bonds. The molecule has 0 aliphatic rings. The molecule has 0 fully saturated rings. The van der Waals surface area contributed by atoms with Crippen LogP contribution in [0, 0.1) is 0 Å². The Morgan fingerprint density at radius 2 is 1.49 bits per heavy atom. The number of para-hydroxylation sites is 1. The van der Waals surface area contributed by atoms with Crippen molar-refractivity contribution in [3.63, 3.8) is 0 Å². The summed E-state index contributed by atoms with van der Waals surface area (Å²) in [6.45, 7) is 3.31. The van der Waals surface area contributed by atoms with E-state index >= 15 is 0 Å².